The SMILES string of the molecule is COc1cnc(-c2ccc(COC3CC(N=C=S)C3)[n+]([O-])c2)cc1F. The highest BCUT2D eigenvalue weighted by Crippen LogP contribution is 2.27. The molecule has 6 nitrogen and oxygen atoms in total. The minimum atomic E-state index is -0.532. The zero-order valence-corrected chi connectivity index (χ0v) is 14.3. The van der Waals surface area contributed by atoms with Crippen molar-refractivity contribution in [2.75, 3.05) is 7.11 Å². The lowest BCUT2D eigenvalue weighted by Crippen LogP contribution is -2.37. The average molecular weight is 361 g/mol. The van der Waals surface area contributed by atoms with Gasteiger partial charge in [-0.3, -0.25) is 4.98 Å². The fraction of sp³-hybridized carbons (Fsp3) is 0.353. The Bertz CT molecular complexity index is 821. The lowest BCUT2D eigenvalue weighted by atomic mass is 9.90. The van der Waals surface area contributed by atoms with E-state index in [1.165, 1.54) is 25.6 Å². The normalized spacial score (nSPS) is 19.0. The van der Waals surface area contributed by atoms with Gasteiger partial charge in [-0.1, -0.05) is 0 Å². The van der Waals surface area contributed by atoms with Crippen molar-refractivity contribution in [3.05, 3.63) is 47.3 Å². The third-order valence-corrected chi connectivity index (χ3v) is 4.21. The Kier molecular flexibility index (Phi) is 5.33. The number of pyridine rings is 2. The summed E-state index contributed by atoms with van der Waals surface area (Å²) in [5, 5.41) is 14.5. The van der Waals surface area contributed by atoms with Crippen LogP contribution in [-0.2, 0) is 11.3 Å². The number of rotatable bonds is 6. The molecule has 3 rings (SSSR count). The van der Waals surface area contributed by atoms with E-state index in [2.05, 4.69) is 27.4 Å². The van der Waals surface area contributed by atoms with E-state index in [1.807, 2.05) is 0 Å². The van der Waals surface area contributed by atoms with E-state index in [4.69, 9.17) is 9.47 Å². The van der Waals surface area contributed by atoms with Crippen LogP contribution in [0.15, 0.2) is 35.6 Å². The zero-order chi connectivity index (χ0) is 17.8. The molecule has 0 radical (unpaired) electrons. The van der Waals surface area contributed by atoms with Gasteiger partial charge in [0.1, 0.15) is 6.61 Å². The predicted octanol–water partition coefficient (Wildman–Crippen LogP) is 2.68. The molecule has 0 aliphatic heterocycles. The smallest absolute Gasteiger partial charge is 0.218 e. The van der Waals surface area contributed by atoms with Gasteiger partial charge in [-0.05, 0) is 31.1 Å². The number of hydrogen-bond donors (Lipinski definition) is 0. The van der Waals surface area contributed by atoms with Crippen LogP contribution in [0.1, 0.15) is 18.5 Å². The van der Waals surface area contributed by atoms with Gasteiger partial charge in [0.05, 0.1) is 41.9 Å². The molecule has 0 spiro atoms. The highest BCUT2D eigenvalue weighted by atomic mass is 32.1. The van der Waals surface area contributed by atoms with Gasteiger partial charge in [0.15, 0.2) is 17.8 Å². The number of aromatic nitrogens is 2. The molecule has 25 heavy (non-hydrogen) atoms. The van der Waals surface area contributed by atoms with Crippen molar-refractivity contribution in [3.8, 4) is 17.0 Å². The van der Waals surface area contributed by atoms with Gasteiger partial charge >= 0.3 is 0 Å². The molecule has 1 saturated carbocycles. The van der Waals surface area contributed by atoms with Gasteiger partial charge in [0.25, 0.3) is 0 Å². The molecule has 0 N–H and O–H groups in total. The second-order valence-corrected chi connectivity index (χ2v) is 5.90. The quantitative estimate of drug-likeness (QED) is 0.342. The van der Waals surface area contributed by atoms with Crippen LogP contribution in [0.5, 0.6) is 5.75 Å². The average Bonchev–Trinajstić information content (AvgIpc) is 2.57. The molecule has 0 unspecified atom stereocenters. The Morgan fingerprint density at radius 3 is 2.92 bits per heavy atom. The number of thiocarbonyl (C=S) groups is 1. The summed E-state index contributed by atoms with van der Waals surface area (Å²) < 4.78 is 25.0. The van der Waals surface area contributed by atoms with E-state index in [0.29, 0.717) is 21.7 Å². The number of isothiocyanates is 1. The van der Waals surface area contributed by atoms with E-state index >= 15 is 0 Å². The number of ether oxygens (including phenoxy) is 2. The Morgan fingerprint density at radius 2 is 2.28 bits per heavy atom. The number of nitrogens with zero attached hydrogens (tertiary/aromatic N) is 3. The Labute approximate surface area is 149 Å². The maximum atomic E-state index is 13.8. The fourth-order valence-electron chi connectivity index (χ4n) is 2.56. The molecule has 8 heteroatoms. The largest absolute Gasteiger partial charge is 0.618 e. The summed E-state index contributed by atoms with van der Waals surface area (Å²) in [6.45, 7) is 0.201. The molecule has 2 aromatic heterocycles. The van der Waals surface area contributed by atoms with E-state index < -0.39 is 5.82 Å². The minimum Gasteiger partial charge on any atom is -0.618 e. The summed E-state index contributed by atoms with van der Waals surface area (Å²) in [7, 11) is 1.37. The van der Waals surface area contributed by atoms with Crippen LogP contribution in [0.25, 0.3) is 11.3 Å². The van der Waals surface area contributed by atoms with Gasteiger partial charge < -0.3 is 14.7 Å². The second-order valence-electron chi connectivity index (χ2n) is 5.72. The van der Waals surface area contributed by atoms with Crippen molar-refractivity contribution in [2.45, 2.75) is 31.6 Å². The molecule has 2 aromatic rings. The molecule has 1 aliphatic rings. The molecular formula is C17H16FN3O3S. The van der Waals surface area contributed by atoms with E-state index in [-0.39, 0.29) is 24.5 Å². The predicted molar refractivity (Wildman–Crippen MR) is 91.8 cm³/mol. The summed E-state index contributed by atoms with van der Waals surface area (Å²) >= 11 is 4.56. The second kappa shape index (κ2) is 7.65. The third-order valence-electron chi connectivity index (χ3n) is 4.10. The van der Waals surface area contributed by atoms with Crippen LogP contribution < -0.4 is 9.47 Å². The number of aliphatic imine (C=N–C) groups is 1. The van der Waals surface area contributed by atoms with Crippen molar-refractivity contribution in [1.82, 2.24) is 4.98 Å². The summed E-state index contributed by atoms with van der Waals surface area (Å²) in [4.78, 5) is 8.09. The first-order valence-electron chi connectivity index (χ1n) is 7.71. The van der Waals surface area contributed by atoms with Crippen LogP contribution >= 0.6 is 12.2 Å². The maximum absolute atomic E-state index is 13.8. The molecular weight excluding hydrogens is 345 g/mol. The van der Waals surface area contributed by atoms with Crippen LogP contribution in [0, 0.1) is 11.0 Å². The molecule has 0 aromatic carbocycles. The van der Waals surface area contributed by atoms with Crippen molar-refractivity contribution in [3.63, 3.8) is 0 Å². The first-order valence-corrected chi connectivity index (χ1v) is 8.12. The van der Waals surface area contributed by atoms with E-state index in [0.717, 1.165) is 12.8 Å². The number of halogens is 1. The van der Waals surface area contributed by atoms with Crippen molar-refractivity contribution in [2.24, 2.45) is 4.99 Å². The lowest BCUT2D eigenvalue weighted by molar-refractivity contribution is -0.616. The van der Waals surface area contributed by atoms with E-state index in [1.54, 1.807) is 12.1 Å². The van der Waals surface area contributed by atoms with Crippen molar-refractivity contribution >= 4 is 17.4 Å². The van der Waals surface area contributed by atoms with Crippen LogP contribution in [0.3, 0.4) is 0 Å². The molecule has 2 heterocycles. The van der Waals surface area contributed by atoms with Crippen LogP contribution in [-0.4, -0.2) is 29.4 Å². The zero-order valence-electron chi connectivity index (χ0n) is 13.5. The van der Waals surface area contributed by atoms with Crippen molar-refractivity contribution in [1.29, 1.82) is 0 Å². The Balaban J connectivity index is 1.65. The van der Waals surface area contributed by atoms with Crippen LogP contribution in [0.4, 0.5) is 4.39 Å². The fourth-order valence-corrected chi connectivity index (χ4v) is 2.71. The molecule has 0 bridgehead atoms. The van der Waals surface area contributed by atoms with E-state index in [9.17, 15) is 9.60 Å². The standard InChI is InChI=1S/C17H16FN3O3S/c1-23-17-7-19-16(6-15(17)18)11-2-3-13(21(22)8-11)9-24-14-4-12(5-14)20-10-25/h2-3,6-8,12,14H,4-5,9H2,1H3. The first-order chi connectivity index (χ1) is 12.1. The first kappa shape index (κ1) is 17.4. The topological polar surface area (TPSA) is 70.7 Å². The van der Waals surface area contributed by atoms with Gasteiger partial charge in [-0.25, -0.2) is 9.38 Å². The molecule has 0 atom stereocenters. The number of methoxy groups -OCH3 is 1. The summed E-state index contributed by atoms with van der Waals surface area (Å²) in [5.74, 6) is -0.476. The van der Waals surface area contributed by atoms with Crippen LogP contribution in [0.2, 0.25) is 0 Å². The summed E-state index contributed by atoms with van der Waals surface area (Å²) in [6, 6.07) is 4.77. The molecule has 1 aliphatic carbocycles. The number of hydrogen-bond acceptors (Lipinski definition) is 6. The molecule has 0 amide bonds. The monoisotopic (exact) mass is 361 g/mol. The summed E-state index contributed by atoms with van der Waals surface area (Å²) in [5.41, 5.74) is 1.34. The minimum absolute atomic E-state index is 0.0561. The van der Waals surface area contributed by atoms with Gasteiger partial charge in [-0.15, -0.1) is 0 Å². The Morgan fingerprint density at radius 1 is 1.48 bits per heavy atom. The van der Waals surface area contributed by atoms with Gasteiger partial charge in [0, 0.05) is 12.1 Å². The highest BCUT2D eigenvalue weighted by molar-refractivity contribution is 7.78. The molecule has 1 fully saturated rings. The third kappa shape index (κ3) is 3.99. The summed E-state index contributed by atoms with van der Waals surface area (Å²) in [6.07, 6.45) is 4.29. The molecule has 0 saturated heterocycles. The Hall–Kier alpha value is -2.41. The van der Waals surface area contributed by atoms with Gasteiger partial charge in [0.2, 0.25) is 5.69 Å². The molecule has 130 valence electrons. The lowest BCUT2D eigenvalue weighted by Gasteiger charge is -2.31. The van der Waals surface area contributed by atoms with Gasteiger partial charge in [-0.2, -0.15) is 4.73 Å². The van der Waals surface area contributed by atoms with Crippen molar-refractivity contribution < 1.29 is 18.6 Å². The maximum Gasteiger partial charge on any atom is 0.218 e. The highest BCUT2D eigenvalue weighted by Gasteiger charge is 2.30.